The first-order valence-electron chi connectivity index (χ1n) is 9.89. The van der Waals surface area contributed by atoms with Crippen LogP contribution < -0.4 is 10.5 Å². The third-order valence-electron chi connectivity index (χ3n) is 5.08. The van der Waals surface area contributed by atoms with E-state index in [0.717, 1.165) is 32.8 Å². The summed E-state index contributed by atoms with van der Waals surface area (Å²) in [4.78, 5) is 28.3. The molecule has 1 aromatic heterocycles. The quantitative estimate of drug-likeness (QED) is 0.525. The summed E-state index contributed by atoms with van der Waals surface area (Å²) in [6.45, 7) is 4.88. The van der Waals surface area contributed by atoms with E-state index in [1.165, 1.54) is 11.3 Å². The predicted octanol–water partition coefficient (Wildman–Crippen LogP) is 3.71. The molecule has 1 aromatic carbocycles. The summed E-state index contributed by atoms with van der Waals surface area (Å²) in [5, 5.41) is 9.82. The monoisotopic (exact) mass is 480 g/mol. The molecule has 1 atom stereocenters. The third-order valence-corrected chi connectivity index (χ3v) is 7.50. The molecule has 1 aliphatic heterocycles. The number of benzene rings is 1. The molecule has 1 unspecified atom stereocenters. The van der Waals surface area contributed by atoms with Gasteiger partial charge >= 0.3 is 5.91 Å². The molecule has 0 bridgehead atoms. The highest BCUT2D eigenvalue weighted by atomic mass is 32.1. The van der Waals surface area contributed by atoms with Crippen molar-refractivity contribution in [1.82, 2.24) is 4.90 Å². The first kappa shape index (κ1) is 23.6. The van der Waals surface area contributed by atoms with Gasteiger partial charge in [-0.05, 0) is 38.5 Å². The van der Waals surface area contributed by atoms with Crippen LogP contribution in [0.4, 0.5) is 0 Å². The number of nitrogens with zero attached hydrogens (tertiary/aromatic N) is 2. The molecule has 0 aliphatic carbocycles. The summed E-state index contributed by atoms with van der Waals surface area (Å²) in [6, 6.07) is 5.62. The van der Waals surface area contributed by atoms with Crippen molar-refractivity contribution in [3.05, 3.63) is 43.4 Å². The number of aliphatic hydroxyl groups excluding tert-OH is 1. The highest BCUT2D eigenvalue weighted by Gasteiger charge is 2.32. The number of carbonyl (C=O) groups excluding carboxylic acids is 2. The lowest BCUT2D eigenvalue weighted by Crippen LogP contribution is -2.30. The van der Waals surface area contributed by atoms with Gasteiger partial charge < -0.3 is 20.5 Å². The molecule has 3 rings (SSSR count). The predicted molar refractivity (Wildman–Crippen MR) is 130 cm³/mol. The maximum Gasteiger partial charge on any atom is 0.555 e. The van der Waals surface area contributed by atoms with E-state index in [2.05, 4.69) is 16.8 Å². The van der Waals surface area contributed by atoms with Crippen molar-refractivity contribution < 1.29 is 19.4 Å². The van der Waals surface area contributed by atoms with E-state index in [1.807, 2.05) is 25.1 Å². The Labute approximate surface area is 194 Å². The number of aryl methyl sites for hydroxylation is 1. The number of β-amino-alcohol motifs (C(OH)–C–C–N with tert-alkyl or cyclic N) is 1. The zero-order chi connectivity index (χ0) is 22.5. The van der Waals surface area contributed by atoms with Gasteiger partial charge in [0.05, 0.1) is 12.5 Å². The maximum absolute atomic E-state index is 12.8. The number of amides is 2. The van der Waals surface area contributed by atoms with Crippen LogP contribution in [0.2, 0.25) is 0 Å². The number of rotatable bonds is 7. The molecular formula is C21H26N3O4S3+. The van der Waals surface area contributed by atoms with E-state index in [-0.39, 0.29) is 30.9 Å². The lowest BCUT2D eigenvalue weighted by molar-refractivity contribution is -0.130. The van der Waals surface area contributed by atoms with Crippen molar-refractivity contribution in [1.29, 1.82) is 0 Å². The van der Waals surface area contributed by atoms with Gasteiger partial charge in [-0.15, -0.1) is 24.0 Å². The molecule has 3 N–H and O–H groups in total. The van der Waals surface area contributed by atoms with Gasteiger partial charge in [-0.2, -0.15) is 4.79 Å². The normalized spacial score (nSPS) is 17.0. The second-order valence-electron chi connectivity index (χ2n) is 7.34. The topological polar surface area (TPSA) is 97.2 Å². The van der Waals surface area contributed by atoms with Gasteiger partial charge in [-0.1, -0.05) is 0 Å². The summed E-state index contributed by atoms with van der Waals surface area (Å²) in [7, 11) is 0. The number of allylic oxidation sites excluding steroid dienone is 1. The number of aliphatic hydroxyl groups is 1. The molecule has 1 saturated heterocycles. The Morgan fingerprint density at radius 3 is 2.97 bits per heavy atom. The van der Waals surface area contributed by atoms with E-state index >= 15 is 0 Å². The number of fused-ring (bicyclic) bond motifs is 1. The van der Waals surface area contributed by atoms with Crippen LogP contribution in [-0.4, -0.2) is 53.9 Å². The fourth-order valence-corrected chi connectivity index (χ4v) is 5.23. The number of thiophene rings is 1. The van der Waals surface area contributed by atoms with Gasteiger partial charge in [0.1, 0.15) is 23.7 Å². The molecule has 2 aromatic rings. The minimum atomic E-state index is -0.309. The van der Waals surface area contributed by atoms with Crippen LogP contribution in [0.3, 0.4) is 0 Å². The minimum absolute atomic E-state index is 0.0217. The van der Waals surface area contributed by atoms with Crippen molar-refractivity contribution in [3.63, 3.8) is 0 Å². The number of hydrogen-bond donors (Lipinski definition) is 3. The smallest absolute Gasteiger partial charge is 0.488 e. The molecule has 2 amide bonds. The lowest BCUT2D eigenvalue weighted by atomic mass is 10.1. The molecule has 0 spiro atoms. The number of thiol groups is 1. The first-order valence-corrected chi connectivity index (χ1v) is 12.1. The standard InChI is InChI=1S/C21H25N3O4S3/c1-12(22)17(29)10-28-15-3-4-18-16(9-15)19(13(2)31-18)20(26)23-30-11-14-5-6-24(7-8-25)21(14)27/h3-4,9,14,25H,5-8,10-11,22H2,1-2H3/p+1/b17-12-. The van der Waals surface area contributed by atoms with Gasteiger partial charge in [0, 0.05) is 42.8 Å². The van der Waals surface area contributed by atoms with Crippen LogP contribution >= 0.6 is 35.4 Å². The van der Waals surface area contributed by atoms with Crippen LogP contribution in [0.5, 0.6) is 5.75 Å². The van der Waals surface area contributed by atoms with Crippen LogP contribution in [0, 0.1) is 12.8 Å². The fourth-order valence-electron chi connectivity index (χ4n) is 3.35. The molecule has 31 heavy (non-hydrogen) atoms. The molecule has 0 radical (unpaired) electrons. The molecule has 10 heteroatoms. The van der Waals surface area contributed by atoms with Crippen LogP contribution in [0.15, 0.2) is 28.8 Å². The Hall–Kier alpha value is -2.10. The van der Waals surface area contributed by atoms with Gasteiger partial charge in [0.25, 0.3) is 0 Å². The van der Waals surface area contributed by atoms with E-state index in [9.17, 15) is 9.59 Å². The van der Waals surface area contributed by atoms with E-state index in [4.69, 9.17) is 15.6 Å². The fraction of sp³-hybridized carbons (Fsp3) is 0.429. The number of carbonyl (C=O) groups is 2. The van der Waals surface area contributed by atoms with Gasteiger partial charge in [0.2, 0.25) is 17.3 Å². The molecule has 1 fully saturated rings. The molecule has 1 aliphatic rings. The summed E-state index contributed by atoms with van der Waals surface area (Å²) >= 11 is 6.97. The maximum atomic E-state index is 12.8. The summed E-state index contributed by atoms with van der Waals surface area (Å²) in [6.07, 6.45) is 0.723. The summed E-state index contributed by atoms with van der Waals surface area (Å²) < 4.78 is 10.9. The number of hydrogen-bond acceptors (Lipinski definition) is 7. The zero-order valence-corrected chi connectivity index (χ0v) is 20.0. The van der Waals surface area contributed by atoms with Crippen LogP contribution in [0.1, 0.15) is 28.6 Å². The van der Waals surface area contributed by atoms with E-state index in [1.54, 1.807) is 11.8 Å². The largest absolute Gasteiger partial charge is 0.555 e. The van der Waals surface area contributed by atoms with Crippen LogP contribution in [0.25, 0.3) is 14.3 Å². The number of likely N-dealkylation sites (tertiary alicyclic amines) is 1. The SMILES string of the molecule is C/C(N)=C(/S)COc1ccc2sc(C)c(C(=O)[N+]#SCC3CCN(CCO)C3=O)c2c1. The van der Waals surface area contributed by atoms with Gasteiger partial charge in [0.15, 0.2) is 0 Å². The lowest BCUT2D eigenvalue weighted by Gasteiger charge is -2.13. The van der Waals surface area contributed by atoms with Crippen molar-refractivity contribution in [2.45, 2.75) is 20.3 Å². The third kappa shape index (κ3) is 5.58. The first-order chi connectivity index (χ1) is 14.8. The summed E-state index contributed by atoms with van der Waals surface area (Å²) in [5.41, 5.74) is 6.88. The molecule has 2 heterocycles. The van der Waals surface area contributed by atoms with Crippen molar-refractivity contribution in [2.75, 3.05) is 32.1 Å². The molecule has 166 valence electrons. The summed E-state index contributed by atoms with van der Waals surface area (Å²) in [5.74, 6) is 0.630. The Kier molecular flexibility index (Phi) is 7.96. The second-order valence-corrected chi connectivity index (χ2v) is 9.91. The average Bonchev–Trinajstić information content (AvgIpc) is 3.25. The molecule has 0 saturated carbocycles. The Morgan fingerprint density at radius 2 is 2.26 bits per heavy atom. The van der Waals surface area contributed by atoms with Gasteiger partial charge in [-0.25, -0.2) is 0 Å². The second kappa shape index (κ2) is 10.5. The minimum Gasteiger partial charge on any atom is -0.488 e. The van der Waals surface area contributed by atoms with Crippen molar-refractivity contribution in [2.24, 2.45) is 11.7 Å². The van der Waals surface area contributed by atoms with E-state index < -0.39 is 0 Å². The average molecular weight is 481 g/mol. The van der Waals surface area contributed by atoms with Crippen LogP contribution in [-0.2, 0) is 4.79 Å². The highest BCUT2D eigenvalue weighted by Crippen LogP contribution is 2.34. The number of nitrogens with two attached hydrogens (primary N) is 1. The molecule has 7 nitrogen and oxygen atoms in total. The zero-order valence-electron chi connectivity index (χ0n) is 17.5. The van der Waals surface area contributed by atoms with Crippen molar-refractivity contribution >= 4 is 57.3 Å². The molecular weight excluding hydrogens is 454 g/mol. The Bertz CT molecular complexity index is 1100. The van der Waals surface area contributed by atoms with E-state index in [0.29, 0.717) is 40.8 Å². The highest BCUT2D eigenvalue weighted by molar-refractivity contribution is 7.88. The van der Waals surface area contributed by atoms with Gasteiger partial charge in [-0.3, -0.25) is 4.79 Å². The van der Waals surface area contributed by atoms with Crippen molar-refractivity contribution in [3.8, 4) is 5.75 Å². The Balaban J connectivity index is 1.75. The Morgan fingerprint density at radius 1 is 1.48 bits per heavy atom. The number of ether oxygens (including phenoxy) is 1.